The highest BCUT2D eigenvalue weighted by molar-refractivity contribution is 5.68. The van der Waals surface area contributed by atoms with Crippen LogP contribution in [0.4, 0.5) is 11.4 Å². The molecule has 0 aliphatic heterocycles. The number of nitrogens with zero attached hydrogens (tertiary/aromatic N) is 3. The number of carboxylic acid groups (broad SMARTS) is 1. The van der Waals surface area contributed by atoms with Crippen LogP contribution in [0.5, 0.6) is 5.75 Å². The molecule has 0 saturated heterocycles. The second-order valence-electron chi connectivity index (χ2n) is 3.72. The van der Waals surface area contributed by atoms with Crippen molar-refractivity contribution < 1.29 is 20.1 Å². The second-order valence-corrected chi connectivity index (χ2v) is 3.72. The zero-order valence-electron chi connectivity index (χ0n) is 14.6. The summed E-state index contributed by atoms with van der Waals surface area (Å²) >= 11 is 0. The lowest BCUT2D eigenvalue weighted by molar-refractivity contribution is -0.139. The Hall–Kier alpha value is -3.20. The molecule has 1 N–H and O–H groups in total. The monoisotopic (exact) mass is 285 g/mol. The van der Waals surface area contributed by atoms with Crippen LogP contribution >= 0.6 is 0 Å². The number of nitriles is 1. The fourth-order valence-electron chi connectivity index (χ4n) is 1.26. The van der Waals surface area contributed by atoms with E-state index in [1.54, 1.807) is 0 Å². The Bertz CT molecular complexity index is 863. The Morgan fingerprint density at radius 3 is 2.38 bits per heavy atom. The van der Waals surface area contributed by atoms with E-state index in [-0.39, 0.29) is 5.69 Å². The highest BCUT2D eigenvalue weighted by Gasteiger charge is 1.99. The van der Waals surface area contributed by atoms with Crippen molar-refractivity contribution in [3.05, 3.63) is 54.0 Å². The number of rotatable bonds is 5. The zero-order valence-corrected chi connectivity index (χ0v) is 10.6. The van der Waals surface area contributed by atoms with Crippen LogP contribution in [0, 0.1) is 11.3 Å². The summed E-state index contributed by atoms with van der Waals surface area (Å²) in [6, 6.07) is 5.93. The number of aliphatic carboxylic acids is 1. The third-order valence-corrected chi connectivity index (χ3v) is 2.19. The van der Waals surface area contributed by atoms with Gasteiger partial charge in [-0.3, -0.25) is 0 Å². The summed E-state index contributed by atoms with van der Waals surface area (Å²) in [5.41, 5.74) is 0.493. The van der Waals surface area contributed by atoms with Crippen LogP contribution in [0.2, 0.25) is 0 Å². The third-order valence-electron chi connectivity index (χ3n) is 2.19. The van der Waals surface area contributed by atoms with Gasteiger partial charge in [-0.05, 0) is 48.4 Å². The molecule has 2 aromatic carbocycles. The predicted molar refractivity (Wildman–Crippen MR) is 74.9 cm³/mol. The lowest BCUT2D eigenvalue weighted by atomic mass is 10.2. The van der Waals surface area contributed by atoms with Crippen LogP contribution in [-0.4, -0.2) is 17.7 Å². The SMILES string of the molecule is [2H]c1c([2H])c(OCC(=O)O)c([2H])c([2H])c1N=Nc1ccc(C#N)cc1. The first-order chi connectivity index (χ1) is 11.8. The molecule has 0 fully saturated rings. The van der Waals surface area contributed by atoms with Gasteiger partial charge in [0.1, 0.15) is 5.75 Å². The molecule has 0 aliphatic carbocycles. The molecule has 104 valence electrons. The van der Waals surface area contributed by atoms with Crippen LogP contribution < -0.4 is 4.74 Å². The molecule has 0 amide bonds. The molecule has 0 bridgehead atoms. The van der Waals surface area contributed by atoms with E-state index in [1.807, 2.05) is 6.07 Å². The Labute approximate surface area is 126 Å². The van der Waals surface area contributed by atoms with Crippen molar-refractivity contribution in [2.45, 2.75) is 0 Å². The van der Waals surface area contributed by atoms with Gasteiger partial charge in [0.25, 0.3) is 0 Å². The van der Waals surface area contributed by atoms with Gasteiger partial charge in [-0.25, -0.2) is 4.79 Å². The number of carboxylic acids is 1. The molecule has 0 aliphatic rings. The van der Waals surface area contributed by atoms with Gasteiger partial charge in [0.2, 0.25) is 0 Å². The van der Waals surface area contributed by atoms with Gasteiger partial charge in [0.15, 0.2) is 6.61 Å². The van der Waals surface area contributed by atoms with Crippen molar-refractivity contribution >= 4 is 17.3 Å². The summed E-state index contributed by atoms with van der Waals surface area (Å²) in [6.07, 6.45) is 0. The standard InChI is InChI=1S/C15H11N3O3/c16-9-11-1-3-12(4-2-11)17-18-13-5-7-14(8-6-13)21-10-15(19)20/h1-8H,10H2,(H,19,20)/i5D,6D,7D,8D. The molecule has 0 radical (unpaired) electrons. The molecule has 6 heteroatoms. The maximum atomic E-state index is 10.5. The van der Waals surface area contributed by atoms with E-state index < -0.39 is 42.5 Å². The highest BCUT2D eigenvalue weighted by atomic mass is 16.5. The highest BCUT2D eigenvalue weighted by Crippen LogP contribution is 2.21. The molecule has 6 nitrogen and oxygen atoms in total. The predicted octanol–water partition coefficient (Wildman–Crippen LogP) is 3.44. The van der Waals surface area contributed by atoms with E-state index in [2.05, 4.69) is 10.2 Å². The van der Waals surface area contributed by atoms with Crippen molar-refractivity contribution in [3.63, 3.8) is 0 Å². The average molecular weight is 285 g/mol. The minimum atomic E-state index is -1.30. The van der Waals surface area contributed by atoms with Crippen LogP contribution in [0.15, 0.2) is 58.7 Å². The summed E-state index contributed by atoms with van der Waals surface area (Å²) in [7, 11) is 0. The van der Waals surface area contributed by atoms with E-state index in [4.69, 9.17) is 20.6 Å². The van der Waals surface area contributed by atoms with Gasteiger partial charge in [-0.1, -0.05) is 0 Å². The molecule has 0 heterocycles. The van der Waals surface area contributed by atoms with Crippen molar-refractivity contribution in [2.75, 3.05) is 6.61 Å². The minimum absolute atomic E-state index is 0.304. The Kier molecular flexibility index (Phi) is 3.14. The normalized spacial score (nSPS) is 12.9. The average Bonchev–Trinajstić information content (AvgIpc) is 2.60. The Balaban J connectivity index is 2.39. The Morgan fingerprint density at radius 1 is 1.19 bits per heavy atom. The third kappa shape index (κ3) is 4.44. The summed E-state index contributed by atoms with van der Waals surface area (Å²) in [6.45, 7) is -0.789. The fourth-order valence-corrected chi connectivity index (χ4v) is 1.26. The largest absolute Gasteiger partial charge is 0.482 e. The summed E-state index contributed by atoms with van der Waals surface area (Å²) in [5.74, 6) is -1.77. The summed E-state index contributed by atoms with van der Waals surface area (Å²) in [4.78, 5) is 10.5. The first kappa shape index (κ1) is 9.66. The molecule has 2 rings (SSSR count). The maximum Gasteiger partial charge on any atom is 0.341 e. The second kappa shape index (κ2) is 6.82. The van der Waals surface area contributed by atoms with E-state index in [9.17, 15) is 4.79 Å². The zero-order chi connectivity index (χ0) is 18.6. The molecule has 0 saturated carbocycles. The summed E-state index contributed by atoms with van der Waals surface area (Å²) < 4.78 is 36.2. The van der Waals surface area contributed by atoms with Gasteiger partial charge in [-0.15, -0.1) is 0 Å². The number of carbonyl (C=O) groups is 1. The van der Waals surface area contributed by atoms with Crippen LogP contribution in [0.3, 0.4) is 0 Å². The molecular weight excluding hydrogens is 270 g/mol. The van der Waals surface area contributed by atoms with Crippen molar-refractivity contribution in [2.24, 2.45) is 10.2 Å². The first-order valence-corrected chi connectivity index (χ1v) is 5.72. The molecule has 2 aromatic rings. The van der Waals surface area contributed by atoms with Gasteiger partial charge in [-0.2, -0.15) is 15.5 Å². The molecule has 0 aromatic heterocycles. The molecule has 0 spiro atoms. The van der Waals surface area contributed by atoms with Crippen molar-refractivity contribution in [1.82, 2.24) is 0 Å². The number of ether oxygens (including phenoxy) is 1. The molecule has 21 heavy (non-hydrogen) atoms. The topological polar surface area (TPSA) is 95.0 Å². The van der Waals surface area contributed by atoms with Crippen LogP contribution in [0.25, 0.3) is 0 Å². The number of hydrogen-bond donors (Lipinski definition) is 1. The quantitative estimate of drug-likeness (QED) is 0.851. The number of benzene rings is 2. The number of hydrogen-bond acceptors (Lipinski definition) is 5. The van der Waals surface area contributed by atoms with Crippen LogP contribution in [-0.2, 0) is 4.79 Å². The van der Waals surface area contributed by atoms with Crippen LogP contribution in [0.1, 0.15) is 11.0 Å². The van der Waals surface area contributed by atoms with Gasteiger partial charge in [0, 0.05) is 0 Å². The lowest BCUT2D eigenvalue weighted by Gasteiger charge is -2.02. The fraction of sp³-hybridized carbons (Fsp3) is 0.0667. The van der Waals surface area contributed by atoms with E-state index >= 15 is 0 Å². The van der Waals surface area contributed by atoms with Crippen molar-refractivity contribution in [1.29, 1.82) is 5.26 Å². The van der Waals surface area contributed by atoms with Gasteiger partial charge < -0.3 is 9.84 Å². The van der Waals surface area contributed by atoms with E-state index in [0.717, 1.165) is 0 Å². The van der Waals surface area contributed by atoms with Gasteiger partial charge >= 0.3 is 5.97 Å². The molecular formula is C15H11N3O3. The van der Waals surface area contributed by atoms with Gasteiger partial charge in [0.05, 0.1) is 28.5 Å². The van der Waals surface area contributed by atoms with E-state index in [0.29, 0.717) is 11.3 Å². The smallest absolute Gasteiger partial charge is 0.341 e. The van der Waals surface area contributed by atoms with E-state index in [1.165, 1.54) is 24.3 Å². The van der Waals surface area contributed by atoms with Crippen molar-refractivity contribution in [3.8, 4) is 11.8 Å². The minimum Gasteiger partial charge on any atom is -0.482 e. The lowest BCUT2D eigenvalue weighted by Crippen LogP contribution is -2.09. The maximum absolute atomic E-state index is 10.5. The Morgan fingerprint density at radius 2 is 1.81 bits per heavy atom. The molecule has 0 unspecified atom stereocenters. The molecule has 0 atom stereocenters. The summed E-state index contributed by atoms with van der Waals surface area (Å²) in [5, 5.41) is 24.9. The first-order valence-electron chi connectivity index (χ1n) is 7.72. The number of azo groups is 1.